The molecule has 0 aliphatic heterocycles. The van der Waals surface area contributed by atoms with Gasteiger partial charge in [-0.25, -0.2) is 4.79 Å². The van der Waals surface area contributed by atoms with Crippen LogP contribution in [0, 0.1) is 0 Å². The van der Waals surface area contributed by atoms with Crippen LogP contribution in [0.5, 0.6) is 0 Å². The van der Waals surface area contributed by atoms with E-state index in [0.717, 1.165) is 0 Å². The molecule has 0 aromatic carbocycles. The maximum atomic E-state index is 11.0. The van der Waals surface area contributed by atoms with E-state index in [1.807, 2.05) is 0 Å². The number of aliphatic hydroxyl groups excluding tert-OH is 1. The van der Waals surface area contributed by atoms with Crippen LogP contribution in [0.1, 0.15) is 18.8 Å². The highest BCUT2D eigenvalue weighted by Gasteiger charge is 2.13. The van der Waals surface area contributed by atoms with Crippen LogP contribution in [0.25, 0.3) is 0 Å². The Hall–Kier alpha value is -1.70. The zero-order valence-electron chi connectivity index (χ0n) is 7.60. The monoisotopic (exact) mass is 201 g/mol. The van der Waals surface area contributed by atoms with Crippen molar-refractivity contribution in [1.82, 2.24) is 25.9 Å². The van der Waals surface area contributed by atoms with Gasteiger partial charge in [-0.3, -0.25) is 0 Å². The predicted octanol–water partition coefficient (Wildman–Crippen LogP) is -1.02. The third-order valence-electron chi connectivity index (χ3n) is 1.41. The Kier molecular flexibility index (Phi) is 3.80. The highest BCUT2D eigenvalue weighted by Crippen LogP contribution is 2.02. The number of nitrogens with one attached hydrogen (secondary N) is 2. The minimum Gasteiger partial charge on any atom is -0.447 e. The summed E-state index contributed by atoms with van der Waals surface area (Å²) in [5, 5.41) is 23.8. The van der Waals surface area contributed by atoms with Crippen LogP contribution < -0.4 is 5.32 Å². The van der Waals surface area contributed by atoms with Crippen molar-refractivity contribution in [3.63, 3.8) is 0 Å². The van der Waals surface area contributed by atoms with Crippen molar-refractivity contribution in [2.24, 2.45) is 0 Å². The summed E-state index contributed by atoms with van der Waals surface area (Å²) >= 11 is 0. The molecule has 1 amide bonds. The Morgan fingerprint density at radius 3 is 3.14 bits per heavy atom. The van der Waals surface area contributed by atoms with Crippen LogP contribution in [0.4, 0.5) is 4.79 Å². The Bertz CT molecular complexity index is 275. The lowest BCUT2D eigenvalue weighted by Gasteiger charge is -2.09. The number of amides is 1. The molecule has 1 rings (SSSR count). The summed E-state index contributed by atoms with van der Waals surface area (Å²) in [6.07, 6.45) is -0.628. The van der Waals surface area contributed by atoms with E-state index in [1.165, 1.54) is 0 Å². The molecule has 0 fully saturated rings. The lowest BCUT2D eigenvalue weighted by Crippen LogP contribution is -2.28. The van der Waals surface area contributed by atoms with Gasteiger partial charge >= 0.3 is 6.09 Å². The van der Waals surface area contributed by atoms with Crippen molar-refractivity contribution in [1.29, 1.82) is 0 Å². The number of hydrogen-bond acceptors (Lipinski definition) is 6. The van der Waals surface area contributed by atoms with E-state index < -0.39 is 6.09 Å². The first-order valence-corrected chi connectivity index (χ1v) is 4.01. The first kappa shape index (κ1) is 10.4. The standard InChI is InChI=1S/C6H11N5O3/c1-4(5-8-10-11-9-5)7-6(13)14-3-2-12/h4,12H,2-3H2,1H3,(H,7,13)(H,8,9,10,11). The van der Waals surface area contributed by atoms with E-state index in [9.17, 15) is 4.79 Å². The van der Waals surface area contributed by atoms with Crippen LogP contribution in [0.15, 0.2) is 0 Å². The molecule has 1 unspecified atom stereocenters. The van der Waals surface area contributed by atoms with E-state index in [4.69, 9.17) is 5.11 Å². The highest BCUT2D eigenvalue weighted by atomic mass is 16.6. The van der Waals surface area contributed by atoms with Gasteiger partial charge < -0.3 is 15.2 Å². The molecule has 8 nitrogen and oxygen atoms in total. The fraction of sp³-hybridized carbons (Fsp3) is 0.667. The molecule has 0 bridgehead atoms. The summed E-state index contributed by atoms with van der Waals surface area (Å²) in [6.45, 7) is 1.44. The number of H-pyrrole nitrogens is 1. The van der Waals surface area contributed by atoms with Gasteiger partial charge in [0, 0.05) is 0 Å². The molecule has 1 atom stereocenters. The lowest BCUT2D eigenvalue weighted by atomic mass is 10.3. The molecule has 1 aromatic heterocycles. The van der Waals surface area contributed by atoms with Gasteiger partial charge in [-0.2, -0.15) is 5.21 Å². The maximum absolute atomic E-state index is 11.0. The Labute approximate surface area is 79.6 Å². The van der Waals surface area contributed by atoms with Crippen LogP contribution in [-0.2, 0) is 4.74 Å². The quantitative estimate of drug-likeness (QED) is 0.574. The summed E-state index contributed by atoms with van der Waals surface area (Å²) in [6, 6.07) is -0.389. The number of carbonyl (C=O) groups excluding carboxylic acids is 1. The minimum absolute atomic E-state index is 0.0369. The third kappa shape index (κ3) is 2.98. The summed E-state index contributed by atoms with van der Waals surface area (Å²) in [7, 11) is 0. The maximum Gasteiger partial charge on any atom is 0.407 e. The number of aliphatic hydroxyl groups is 1. The topological polar surface area (TPSA) is 113 Å². The fourth-order valence-corrected chi connectivity index (χ4v) is 0.774. The summed E-state index contributed by atoms with van der Waals surface area (Å²) in [4.78, 5) is 11.0. The molecular formula is C6H11N5O3. The van der Waals surface area contributed by atoms with E-state index in [1.54, 1.807) is 6.92 Å². The van der Waals surface area contributed by atoms with E-state index in [-0.39, 0.29) is 19.3 Å². The molecule has 8 heteroatoms. The van der Waals surface area contributed by atoms with Crippen molar-refractivity contribution < 1.29 is 14.6 Å². The van der Waals surface area contributed by atoms with E-state index in [2.05, 4.69) is 30.7 Å². The van der Waals surface area contributed by atoms with Gasteiger partial charge in [-0.05, 0) is 6.92 Å². The molecular weight excluding hydrogens is 190 g/mol. The van der Waals surface area contributed by atoms with Crippen LogP contribution in [0.2, 0.25) is 0 Å². The average Bonchev–Trinajstić information content (AvgIpc) is 2.67. The molecule has 78 valence electrons. The van der Waals surface area contributed by atoms with Gasteiger partial charge in [0.2, 0.25) is 0 Å². The number of alkyl carbamates (subject to hydrolysis) is 1. The first-order chi connectivity index (χ1) is 6.74. The summed E-state index contributed by atoms with van der Waals surface area (Å²) < 4.78 is 4.57. The Morgan fingerprint density at radius 2 is 2.57 bits per heavy atom. The molecule has 1 heterocycles. The lowest BCUT2D eigenvalue weighted by molar-refractivity contribution is 0.116. The predicted molar refractivity (Wildman–Crippen MR) is 44.2 cm³/mol. The van der Waals surface area contributed by atoms with Crippen molar-refractivity contribution in [2.75, 3.05) is 13.2 Å². The van der Waals surface area contributed by atoms with Crippen LogP contribution in [0.3, 0.4) is 0 Å². The zero-order chi connectivity index (χ0) is 10.4. The van der Waals surface area contributed by atoms with Gasteiger partial charge in [0.25, 0.3) is 0 Å². The van der Waals surface area contributed by atoms with E-state index in [0.29, 0.717) is 5.82 Å². The third-order valence-corrected chi connectivity index (χ3v) is 1.41. The normalized spacial score (nSPS) is 12.1. The second kappa shape index (κ2) is 5.12. The molecule has 0 aliphatic rings. The molecule has 0 radical (unpaired) electrons. The van der Waals surface area contributed by atoms with Gasteiger partial charge in [0.15, 0.2) is 5.82 Å². The number of aromatic nitrogens is 4. The average molecular weight is 201 g/mol. The molecule has 0 saturated carbocycles. The Morgan fingerprint density at radius 1 is 1.79 bits per heavy atom. The van der Waals surface area contributed by atoms with Crippen molar-refractivity contribution >= 4 is 6.09 Å². The second-order valence-corrected chi connectivity index (χ2v) is 2.50. The number of carbonyl (C=O) groups is 1. The summed E-state index contributed by atoms with van der Waals surface area (Å²) in [5.74, 6) is 0.367. The minimum atomic E-state index is -0.628. The number of aromatic amines is 1. The number of hydrogen-bond donors (Lipinski definition) is 3. The van der Waals surface area contributed by atoms with Crippen molar-refractivity contribution in [2.45, 2.75) is 13.0 Å². The Balaban J connectivity index is 2.33. The summed E-state index contributed by atoms with van der Waals surface area (Å²) in [5.41, 5.74) is 0. The first-order valence-electron chi connectivity index (χ1n) is 4.01. The van der Waals surface area contributed by atoms with Gasteiger partial charge in [0.1, 0.15) is 6.61 Å². The molecule has 0 saturated heterocycles. The number of tetrazole rings is 1. The van der Waals surface area contributed by atoms with Crippen molar-refractivity contribution in [3.05, 3.63) is 5.82 Å². The van der Waals surface area contributed by atoms with Gasteiger partial charge in [0.05, 0.1) is 12.6 Å². The number of ether oxygens (including phenoxy) is 1. The fourth-order valence-electron chi connectivity index (χ4n) is 0.774. The molecule has 0 spiro atoms. The molecule has 0 aliphatic carbocycles. The van der Waals surface area contributed by atoms with E-state index >= 15 is 0 Å². The number of rotatable bonds is 4. The van der Waals surface area contributed by atoms with Gasteiger partial charge in [-0.1, -0.05) is 5.21 Å². The van der Waals surface area contributed by atoms with Crippen molar-refractivity contribution in [3.8, 4) is 0 Å². The molecule has 3 N–H and O–H groups in total. The SMILES string of the molecule is CC(NC(=O)OCCO)c1nn[nH]n1. The molecule has 1 aromatic rings. The van der Waals surface area contributed by atoms with Crippen LogP contribution >= 0.6 is 0 Å². The number of nitrogens with zero attached hydrogens (tertiary/aromatic N) is 3. The van der Waals surface area contributed by atoms with Gasteiger partial charge in [-0.15, -0.1) is 10.2 Å². The largest absolute Gasteiger partial charge is 0.447 e. The zero-order valence-corrected chi connectivity index (χ0v) is 7.60. The molecule has 14 heavy (non-hydrogen) atoms. The second-order valence-electron chi connectivity index (χ2n) is 2.50. The smallest absolute Gasteiger partial charge is 0.407 e. The highest BCUT2D eigenvalue weighted by molar-refractivity contribution is 5.67. The van der Waals surface area contributed by atoms with Crippen LogP contribution in [-0.4, -0.2) is 45.0 Å².